The van der Waals surface area contributed by atoms with Gasteiger partial charge in [-0.3, -0.25) is 0 Å². The fraction of sp³-hybridized carbons (Fsp3) is 0.500. The molecule has 4 heteroatoms. The third kappa shape index (κ3) is 2.51. The fourth-order valence-corrected chi connectivity index (χ4v) is 1.86. The van der Waals surface area contributed by atoms with Gasteiger partial charge in [0.1, 0.15) is 0 Å². The summed E-state index contributed by atoms with van der Waals surface area (Å²) in [7, 11) is 0. The van der Waals surface area contributed by atoms with Gasteiger partial charge < -0.3 is 15.5 Å². The Labute approximate surface area is 93.9 Å². The molecule has 1 aliphatic rings. The second-order valence-electron chi connectivity index (χ2n) is 4.47. The summed E-state index contributed by atoms with van der Waals surface area (Å²) in [5.41, 5.74) is 0.202. The first kappa shape index (κ1) is 11.4. The Kier molecular flexibility index (Phi) is 3.12. The molecule has 1 aromatic carbocycles. The summed E-state index contributed by atoms with van der Waals surface area (Å²) < 4.78 is 13.0. The molecule has 0 heterocycles. The summed E-state index contributed by atoms with van der Waals surface area (Å²) >= 11 is 0. The van der Waals surface area contributed by atoms with Gasteiger partial charge in [0.2, 0.25) is 0 Å². The molecular weight excluding hydrogens is 209 g/mol. The van der Waals surface area contributed by atoms with Gasteiger partial charge in [0.25, 0.3) is 0 Å². The number of rotatable bonds is 4. The number of aliphatic hydroxyl groups is 1. The molecule has 16 heavy (non-hydrogen) atoms. The van der Waals surface area contributed by atoms with Gasteiger partial charge in [-0.1, -0.05) is 6.07 Å². The van der Waals surface area contributed by atoms with E-state index in [4.69, 9.17) is 5.11 Å². The molecule has 0 aliphatic heterocycles. The first-order valence-electron chi connectivity index (χ1n) is 5.50. The molecule has 2 rings (SSSR count). The summed E-state index contributed by atoms with van der Waals surface area (Å²) in [6.07, 6.45) is 2.75. The Bertz CT molecular complexity index is 377. The van der Waals surface area contributed by atoms with Crippen molar-refractivity contribution in [1.29, 1.82) is 0 Å². The topological polar surface area (TPSA) is 52.5 Å². The van der Waals surface area contributed by atoms with E-state index in [1.165, 1.54) is 12.1 Å². The monoisotopic (exact) mass is 225 g/mol. The number of hydrogen-bond donors (Lipinski definition) is 3. The fourth-order valence-electron chi connectivity index (χ4n) is 1.86. The van der Waals surface area contributed by atoms with Crippen molar-refractivity contribution in [2.75, 3.05) is 6.54 Å². The van der Waals surface area contributed by atoms with E-state index in [0.29, 0.717) is 13.1 Å². The highest BCUT2D eigenvalue weighted by molar-refractivity contribution is 5.27. The van der Waals surface area contributed by atoms with E-state index in [1.54, 1.807) is 6.07 Å². The average Bonchev–Trinajstić information content (AvgIpc) is 2.21. The van der Waals surface area contributed by atoms with Gasteiger partial charge >= 0.3 is 0 Å². The lowest BCUT2D eigenvalue weighted by molar-refractivity contribution is -0.0314. The lowest BCUT2D eigenvalue weighted by Crippen LogP contribution is -2.45. The van der Waals surface area contributed by atoms with Crippen molar-refractivity contribution in [3.63, 3.8) is 0 Å². The van der Waals surface area contributed by atoms with Crippen molar-refractivity contribution in [3.8, 4) is 5.75 Å². The second kappa shape index (κ2) is 4.39. The van der Waals surface area contributed by atoms with E-state index >= 15 is 0 Å². The maximum absolute atomic E-state index is 13.0. The number of benzene rings is 1. The molecule has 1 aliphatic carbocycles. The maximum atomic E-state index is 13.0. The minimum Gasteiger partial charge on any atom is -0.505 e. The van der Waals surface area contributed by atoms with Crippen LogP contribution in [0.1, 0.15) is 24.8 Å². The van der Waals surface area contributed by atoms with Crippen LogP contribution in [-0.2, 0) is 6.54 Å². The molecule has 0 atom stereocenters. The molecule has 0 unspecified atom stereocenters. The Hall–Kier alpha value is -1.13. The molecule has 0 amide bonds. The molecule has 0 aromatic heterocycles. The molecule has 1 saturated carbocycles. The first-order valence-corrected chi connectivity index (χ1v) is 5.50. The molecule has 0 bridgehead atoms. The smallest absolute Gasteiger partial charge is 0.165 e. The van der Waals surface area contributed by atoms with E-state index in [0.717, 1.165) is 24.8 Å². The summed E-state index contributed by atoms with van der Waals surface area (Å²) in [4.78, 5) is 0. The summed E-state index contributed by atoms with van der Waals surface area (Å²) in [5.74, 6) is -0.942. The Morgan fingerprint density at radius 2 is 2.12 bits per heavy atom. The number of phenols is 1. The lowest BCUT2D eigenvalue weighted by Gasteiger charge is -2.36. The molecule has 3 nitrogen and oxygen atoms in total. The van der Waals surface area contributed by atoms with Crippen molar-refractivity contribution in [1.82, 2.24) is 5.32 Å². The maximum Gasteiger partial charge on any atom is 0.165 e. The Morgan fingerprint density at radius 1 is 1.38 bits per heavy atom. The predicted molar refractivity (Wildman–Crippen MR) is 58.6 cm³/mol. The molecule has 88 valence electrons. The van der Waals surface area contributed by atoms with Crippen molar-refractivity contribution in [3.05, 3.63) is 29.6 Å². The molecule has 0 spiro atoms. The molecule has 1 fully saturated rings. The van der Waals surface area contributed by atoms with Crippen molar-refractivity contribution < 1.29 is 14.6 Å². The first-order chi connectivity index (χ1) is 7.59. The molecule has 1 aromatic rings. The van der Waals surface area contributed by atoms with E-state index in [9.17, 15) is 9.50 Å². The zero-order valence-corrected chi connectivity index (χ0v) is 9.04. The van der Waals surface area contributed by atoms with Crippen LogP contribution >= 0.6 is 0 Å². The summed E-state index contributed by atoms with van der Waals surface area (Å²) in [6, 6.07) is 4.30. The number of nitrogens with one attached hydrogen (secondary N) is 1. The number of hydrogen-bond acceptors (Lipinski definition) is 3. The molecule has 0 radical (unpaired) electrons. The van der Waals surface area contributed by atoms with Gasteiger partial charge in [0, 0.05) is 13.1 Å². The third-order valence-electron chi connectivity index (χ3n) is 3.08. The molecule has 0 saturated heterocycles. The van der Waals surface area contributed by atoms with E-state index in [-0.39, 0.29) is 5.75 Å². The summed E-state index contributed by atoms with van der Waals surface area (Å²) in [6.45, 7) is 1.04. The van der Waals surface area contributed by atoms with Gasteiger partial charge in [-0.25, -0.2) is 4.39 Å². The Morgan fingerprint density at radius 3 is 2.69 bits per heavy atom. The zero-order chi connectivity index (χ0) is 11.6. The van der Waals surface area contributed by atoms with Gasteiger partial charge in [-0.2, -0.15) is 0 Å². The van der Waals surface area contributed by atoms with Crippen molar-refractivity contribution in [2.24, 2.45) is 0 Å². The second-order valence-corrected chi connectivity index (χ2v) is 4.47. The van der Waals surface area contributed by atoms with E-state index in [1.807, 2.05) is 0 Å². The van der Waals surface area contributed by atoms with Crippen LogP contribution < -0.4 is 5.32 Å². The summed E-state index contributed by atoms with van der Waals surface area (Å²) in [5, 5.41) is 21.9. The van der Waals surface area contributed by atoms with Crippen LogP contribution in [0.4, 0.5) is 4.39 Å². The number of phenolic OH excluding ortho intramolecular Hbond substituents is 1. The van der Waals surface area contributed by atoms with E-state index < -0.39 is 11.4 Å². The van der Waals surface area contributed by atoms with Gasteiger partial charge in [-0.05, 0) is 37.0 Å². The van der Waals surface area contributed by atoms with Crippen LogP contribution in [-0.4, -0.2) is 22.4 Å². The van der Waals surface area contributed by atoms with Crippen molar-refractivity contribution in [2.45, 2.75) is 31.4 Å². The van der Waals surface area contributed by atoms with Gasteiger partial charge in [0.15, 0.2) is 11.6 Å². The minimum atomic E-state index is -0.610. The predicted octanol–water partition coefficient (Wildman–Crippen LogP) is 1.54. The number of aromatic hydroxyl groups is 1. The van der Waals surface area contributed by atoms with Crippen LogP contribution in [0.15, 0.2) is 18.2 Å². The SMILES string of the molecule is Oc1ccc(CNCC2(O)CCC2)cc1F. The lowest BCUT2D eigenvalue weighted by atomic mass is 9.80. The van der Waals surface area contributed by atoms with Crippen LogP contribution in [0, 0.1) is 5.82 Å². The quantitative estimate of drug-likeness (QED) is 0.728. The van der Waals surface area contributed by atoms with Crippen LogP contribution in [0.5, 0.6) is 5.75 Å². The van der Waals surface area contributed by atoms with Crippen LogP contribution in [0.2, 0.25) is 0 Å². The molecular formula is C12H16FNO2. The highest BCUT2D eigenvalue weighted by Crippen LogP contribution is 2.30. The standard InChI is InChI=1S/C12H16FNO2/c13-10-6-9(2-3-11(10)15)7-14-8-12(16)4-1-5-12/h2-3,6,14-16H,1,4-5,7-8H2. The van der Waals surface area contributed by atoms with E-state index in [2.05, 4.69) is 5.32 Å². The van der Waals surface area contributed by atoms with Crippen LogP contribution in [0.25, 0.3) is 0 Å². The Balaban J connectivity index is 1.83. The normalized spacial score (nSPS) is 18.1. The number of halogens is 1. The zero-order valence-electron chi connectivity index (χ0n) is 9.04. The largest absolute Gasteiger partial charge is 0.505 e. The highest BCUT2D eigenvalue weighted by atomic mass is 19.1. The average molecular weight is 225 g/mol. The van der Waals surface area contributed by atoms with Crippen molar-refractivity contribution >= 4 is 0 Å². The highest BCUT2D eigenvalue weighted by Gasteiger charge is 2.33. The minimum absolute atomic E-state index is 0.332. The third-order valence-corrected chi connectivity index (χ3v) is 3.08. The van der Waals surface area contributed by atoms with Gasteiger partial charge in [-0.15, -0.1) is 0 Å². The van der Waals surface area contributed by atoms with Gasteiger partial charge in [0.05, 0.1) is 5.60 Å². The van der Waals surface area contributed by atoms with Crippen LogP contribution in [0.3, 0.4) is 0 Å². The molecule has 3 N–H and O–H groups in total.